The van der Waals surface area contributed by atoms with Crippen LogP contribution in [0.2, 0.25) is 10.0 Å². The average molecular weight is 336 g/mol. The van der Waals surface area contributed by atoms with Crippen LogP contribution in [0.5, 0.6) is 5.75 Å². The Balaban J connectivity index is 1.98. The molecule has 0 aromatic heterocycles. The van der Waals surface area contributed by atoms with E-state index in [1.165, 1.54) is 0 Å². The number of carbonyl (C=O) groups excluding carboxylic acids is 1. The van der Waals surface area contributed by atoms with Crippen molar-refractivity contribution in [3.05, 3.63) is 57.6 Å². The van der Waals surface area contributed by atoms with E-state index in [0.717, 1.165) is 29.8 Å². The number of rotatable bonds is 2. The van der Waals surface area contributed by atoms with E-state index < -0.39 is 0 Å². The van der Waals surface area contributed by atoms with E-state index in [9.17, 15) is 4.79 Å². The third-order valence-electron chi connectivity index (χ3n) is 3.81. The Bertz CT molecular complexity index is 731. The highest BCUT2D eigenvalue weighted by atomic mass is 35.5. The van der Waals surface area contributed by atoms with E-state index in [-0.39, 0.29) is 5.91 Å². The van der Waals surface area contributed by atoms with Crippen molar-refractivity contribution in [1.29, 1.82) is 0 Å². The number of anilines is 1. The lowest BCUT2D eigenvalue weighted by atomic mass is 10.0. The van der Waals surface area contributed by atoms with Gasteiger partial charge in [0.15, 0.2) is 0 Å². The lowest BCUT2D eigenvalue weighted by Gasteiger charge is -2.30. The van der Waals surface area contributed by atoms with Crippen molar-refractivity contribution >= 4 is 34.8 Å². The molecule has 0 spiro atoms. The maximum Gasteiger partial charge on any atom is 0.259 e. The Labute approximate surface area is 139 Å². The van der Waals surface area contributed by atoms with Crippen LogP contribution in [0.3, 0.4) is 0 Å². The van der Waals surface area contributed by atoms with Gasteiger partial charge in [-0.2, -0.15) is 0 Å². The predicted octanol–water partition coefficient (Wildman–Crippen LogP) is 4.60. The summed E-state index contributed by atoms with van der Waals surface area (Å²) in [5, 5.41) is 0.892. The number of nitrogens with zero attached hydrogens (tertiary/aromatic N) is 1. The predicted molar refractivity (Wildman–Crippen MR) is 89.5 cm³/mol. The SMILES string of the molecule is COc1ccc2c(c1)CCCN2C(=O)c1ccc(Cl)cc1Cl. The van der Waals surface area contributed by atoms with Crippen LogP contribution < -0.4 is 9.64 Å². The molecule has 22 heavy (non-hydrogen) atoms. The minimum atomic E-state index is -0.104. The Hall–Kier alpha value is -1.71. The maximum atomic E-state index is 12.8. The molecule has 0 saturated carbocycles. The van der Waals surface area contributed by atoms with E-state index in [2.05, 4.69) is 0 Å². The fourth-order valence-corrected chi connectivity index (χ4v) is 3.21. The largest absolute Gasteiger partial charge is 0.497 e. The minimum absolute atomic E-state index is 0.104. The molecular weight excluding hydrogens is 321 g/mol. The molecule has 3 nitrogen and oxygen atoms in total. The summed E-state index contributed by atoms with van der Waals surface area (Å²) in [7, 11) is 1.64. The number of hydrogen-bond acceptors (Lipinski definition) is 2. The van der Waals surface area contributed by atoms with Gasteiger partial charge in [0.05, 0.1) is 17.7 Å². The van der Waals surface area contributed by atoms with E-state index in [0.29, 0.717) is 22.2 Å². The van der Waals surface area contributed by atoms with Gasteiger partial charge in [-0.25, -0.2) is 0 Å². The van der Waals surface area contributed by atoms with Crippen molar-refractivity contribution in [3.8, 4) is 5.75 Å². The number of amides is 1. The first kappa shape index (κ1) is 15.2. The zero-order valence-electron chi connectivity index (χ0n) is 12.1. The van der Waals surface area contributed by atoms with Crippen molar-refractivity contribution in [2.24, 2.45) is 0 Å². The lowest BCUT2D eigenvalue weighted by molar-refractivity contribution is 0.0985. The van der Waals surface area contributed by atoms with Gasteiger partial charge in [0.25, 0.3) is 5.91 Å². The Morgan fingerprint density at radius 2 is 2.00 bits per heavy atom. The van der Waals surface area contributed by atoms with Crippen molar-refractivity contribution in [2.75, 3.05) is 18.6 Å². The van der Waals surface area contributed by atoms with E-state index in [1.54, 1.807) is 30.2 Å². The lowest BCUT2D eigenvalue weighted by Crippen LogP contribution is -2.35. The third kappa shape index (κ3) is 2.79. The standard InChI is InChI=1S/C17H15Cl2NO2/c1-22-13-5-7-16-11(9-13)3-2-8-20(16)17(21)14-6-4-12(18)10-15(14)19/h4-7,9-10H,2-3,8H2,1H3. The number of halogens is 2. The molecule has 0 fully saturated rings. The van der Waals surface area contributed by atoms with Crippen LogP contribution in [0.25, 0.3) is 0 Å². The normalized spacial score (nSPS) is 13.7. The number of fused-ring (bicyclic) bond motifs is 1. The molecule has 2 aromatic carbocycles. The van der Waals surface area contributed by atoms with Crippen LogP contribution in [0, 0.1) is 0 Å². The zero-order chi connectivity index (χ0) is 15.7. The summed E-state index contributed by atoms with van der Waals surface area (Å²) in [4.78, 5) is 14.6. The number of benzene rings is 2. The molecule has 0 atom stereocenters. The third-order valence-corrected chi connectivity index (χ3v) is 4.36. The van der Waals surface area contributed by atoms with E-state index >= 15 is 0 Å². The molecule has 1 heterocycles. The van der Waals surface area contributed by atoms with Crippen LogP contribution in [-0.4, -0.2) is 19.6 Å². The molecule has 114 valence electrons. The van der Waals surface area contributed by atoms with E-state index in [4.69, 9.17) is 27.9 Å². The molecule has 0 unspecified atom stereocenters. The van der Waals surface area contributed by atoms with Gasteiger partial charge >= 0.3 is 0 Å². The van der Waals surface area contributed by atoms with Gasteiger partial charge in [0.2, 0.25) is 0 Å². The van der Waals surface area contributed by atoms with Gasteiger partial charge in [0, 0.05) is 17.3 Å². The molecule has 0 saturated heterocycles. The summed E-state index contributed by atoms with van der Waals surface area (Å²) in [5.74, 6) is 0.699. The number of hydrogen-bond donors (Lipinski definition) is 0. The molecule has 0 bridgehead atoms. The topological polar surface area (TPSA) is 29.5 Å². The molecule has 0 N–H and O–H groups in total. The van der Waals surface area contributed by atoms with Crippen LogP contribution in [0.4, 0.5) is 5.69 Å². The highest BCUT2D eigenvalue weighted by molar-refractivity contribution is 6.37. The molecule has 5 heteroatoms. The van der Waals surface area contributed by atoms with Gasteiger partial charge in [0.1, 0.15) is 5.75 Å². The summed E-state index contributed by atoms with van der Waals surface area (Å²) in [5.41, 5.74) is 2.50. The quantitative estimate of drug-likeness (QED) is 0.802. The first-order valence-corrected chi connectivity index (χ1v) is 7.79. The average Bonchev–Trinajstić information content (AvgIpc) is 2.53. The monoisotopic (exact) mass is 335 g/mol. The smallest absolute Gasteiger partial charge is 0.259 e. The van der Waals surface area contributed by atoms with Crippen LogP contribution >= 0.6 is 23.2 Å². The summed E-state index contributed by atoms with van der Waals surface area (Å²) in [6, 6.07) is 10.7. The number of carbonyl (C=O) groups is 1. The summed E-state index contributed by atoms with van der Waals surface area (Å²) < 4.78 is 5.25. The second-order valence-corrected chi connectivity index (χ2v) is 6.02. The summed E-state index contributed by atoms with van der Waals surface area (Å²) in [6.45, 7) is 0.678. The van der Waals surface area contributed by atoms with Crippen molar-refractivity contribution in [2.45, 2.75) is 12.8 Å². The Morgan fingerprint density at radius 3 is 2.73 bits per heavy atom. The van der Waals surface area contributed by atoms with Crippen LogP contribution in [0.15, 0.2) is 36.4 Å². The fraction of sp³-hybridized carbons (Fsp3) is 0.235. The van der Waals surface area contributed by atoms with E-state index in [1.807, 2.05) is 18.2 Å². The molecule has 0 radical (unpaired) electrons. The van der Waals surface area contributed by atoms with Gasteiger partial charge in [-0.3, -0.25) is 4.79 Å². The molecule has 3 rings (SSSR count). The highest BCUT2D eigenvalue weighted by Crippen LogP contribution is 2.32. The summed E-state index contributed by atoms with van der Waals surface area (Å²) >= 11 is 12.1. The van der Waals surface area contributed by atoms with Crippen LogP contribution in [-0.2, 0) is 6.42 Å². The second-order valence-electron chi connectivity index (χ2n) is 5.18. The van der Waals surface area contributed by atoms with Gasteiger partial charge in [-0.15, -0.1) is 0 Å². The maximum absolute atomic E-state index is 12.8. The van der Waals surface area contributed by atoms with Gasteiger partial charge in [-0.1, -0.05) is 23.2 Å². The molecule has 1 aliphatic heterocycles. The minimum Gasteiger partial charge on any atom is -0.497 e. The Morgan fingerprint density at radius 1 is 1.18 bits per heavy atom. The first-order chi connectivity index (χ1) is 10.6. The second kappa shape index (κ2) is 6.19. The molecule has 1 amide bonds. The van der Waals surface area contributed by atoms with Crippen molar-refractivity contribution in [1.82, 2.24) is 0 Å². The van der Waals surface area contributed by atoms with Gasteiger partial charge < -0.3 is 9.64 Å². The number of aryl methyl sites for hydroxylation is 1. The van der Waals surface area contributed by atoms with Crippen LogP contribution in [0.1, 0.15) is 22.3 Å². The fourth-order valence-electron chi connectivity index (χ4n) is 2.72. The molecule has 1 aliphatic rings. The molecule has 2 aromatic rings. The first-order valence-electron chi connectivity index (χ1n) is 7.04. The summed E-state index contributed by atoms with van der Waals surface area (Å²) in [6.07, 6.45) is 1.85. The van der Waals surface area contributed by atoms with Crippen molar-refractivity contribution < 1.29 is 9.53 Å². The molecule has 0 aliphatic carbocycles. The zero-order valence-corrected chi connectivity index (χ0v) is 13.6. The Kier molecular flexibility index (Phi) is 4.27. The number of ether oxygens (including phenoxy) is 1. The molecular formula is C17H15Cl2NO2. The van der Waals surface area contributed by atoms with Crippen molar-refractivity contribution in [3.63, 3.8) is 0 Å². The highest BCUT2D eigenvalue weighted by Gasteiger charge is 2.25. The number of methoxy groups -OCH3 is 1. The van der Waals surface area contributed by atoms with Gasteiger partial charge in [-0.05, 0) is 54.8 Å².